The average Bonchev–Trinajstić information content (AvgIpc) is 3.20. The molecule has 0 unspecified atom stereocenters. The van der Waals surface area contributed by atoms with E-state index in [2.05, 4.69) is 17.5 Å². The first-order valence-electron chi connectivity index (χ1n) is 8.17. The molecular weight excluding hydrogens is 358 g/mol. The first-order valence-corrected chi connectivity index (χ1v) is 8.99. The number of benzene rings is 2. The van der Waals surface area contributed by atoms with Crippen molar-refractivity contribution in [2.45, 2.75) is 10.3 Å². The van der Waals surface area contributed by atoms with Gasteiger partial charge in [0.25, 0.3) is 0 Å². The van der Waals surface area contributed by atoms with Gasteiger partial charge < -0.3 is 11.1 Å². The second-order valence-corrected chi connectivity index (χ2v) is 7.35. The van der Waals surface area contributed by atoms with Gasteiger partial charge in [0.1, 0.15) is 16.9 Å². The van der Waals surface area contributed by atoms with Gasteiger partial charge in [0.15, 0.2) is 5.41 Å². The molecule has 0 aromatic heterocycles. The molecule has 0 radical (unpaired) electrons. The van der Waals surface area contributed by atoms with Gasteiger partial charge in [0, 0.05) is 16.1 Å². The summed E-state index contributed by atoms with van der Waals surface area (Å²) >= 11 is 1.39. The lowest BCUT2D eigenvalue weighted by atomic mass is 9.68. The summed E-state index contributed by atoms with van der Waals surface area (Å²) in [6.07, 6.45) is 0. The highest BCUT2D eigenvalue weighted by atomic mass is 32.2. The second kappa shape index (κ2) is 5.16. The highest BCUT2D eigenvalue weighted by Crippen LogP contribution is 2.58. The van der Waals surface area contributed by atoms with E-state index in [0.717, 1.165) is 10.6 Å². The predicted molar refractivity (Wildman–Crippen MR) is 101 cm³/mol. The van der Waals surface area contributed by atoms with Crippen LogP contribution in [0.5, 0.6) is 0 Å². The van der Waals surface area contributed by atoms with Crippen LogP contribution in [0.1, 0.15) is 5.56 Å². The van der Waals surface area contributed by atoms with E-state index in [-0.39, 0.29) is 17.0 Å². The number of carbonyl (C=O) groups excluding carboxylic acids is 1. The van der Waals surface area contributed by atoms with Crippen LogP contribution in [0, 0.1) is 22.7 Å². The highest BCUT2D eigenvalue weighted by Gasteiger charge is 2.59. The number of thioether (sulfide) groups is 1. The molecule has 0 bridgehead atoms. The molecule has 1 atom stereocenters. The number of nitriles is 2. The molecule has 0 fully saturated rings. The van der Waals surface area contributed by atoms with Crippen molar-refractivity contribution in [2.24, 2.45) is 5.73 Å². The zero-order valence-corrected chi connectivity index (χ0v) is 14.7. The largest absolute Gasteiger partial charge is 0.384 e. The number of carbonyl (C=O) groups is 1. The predicted octanol–water partition coefficient (Wildman–Crippen LogP) is 2.93. The molecule has 5 rings (SSSR count). The Labute approximate surface area is 159 Å². The molecule has 7 heteroatoms. The Balaban J connectivity index is 1.91. The van der Waals surface area contributed by atoms with Gasteiger partial charge >= 0.3 is 0 Å². The number of para-hydroxylation sites is 2. The van der Waals surface area contributed by atoms with Crippen molar-refractivity contribution in [3.63, 3.8) is 0 Å². The number of fused-ring (bicyclic) bond motifs is 5. The van der Waals surface area contributed by atoms with Crippen LogP contribution in [-0.2, 0) is 10.2 Å². The molecule has 2 aromatic rings. The smallest absolute Gasteiger partial charge is 0.245 e. The summed E-state index contributed by atoms with van der Waals surface area (Å²) in [5.74, 6) is -0.251. The number of anilines is 2. The molecule has 1 spiro atoms. The van der Waals surface area contributed by atoms with Gasteiger partial charge in [0.2, 0.25) is 5.91 Å². The molecule has 3 N–H and O–H groups in total. The molecule has 3 aliphatic rings. The monoisotopic (exact) mass is 369 g/mol. The van der Waals surface area contributed by atoms with Crippen molar-refractivity contribution < 1.29 is 4.79 Å². The van der Waals surface area contributed by atoms with Gasteiger partial charge in [-0.3, -0.25) is 9.69 Å². The van der Waals surface area contributed by atoms with Crippen LogP contribution in [0.2, 0.25) is 0 Å². The topological polar surface area (TPSA) is 106 Å². The minimum atomic E-state index is -1.52. The van der Waals surface area contributed by atoms with Gasteiger partial charge in [-0.25, -0.2) is 0 Å². The van der Waals surface area contributed by atoms with Crippen LogP contribution in [-0.4, -0.2) is 5.91 Å². The first kappa shape index (κ1) is 15.6. The number of nitrogens with two attached hydrogens (primary N) is 1. The Morgan fingerprint density at radius 1 is 1.04 bits per heavy atom. The molecule has 3 heterocycles. The average molecular weight is 369 g/mol. The van der Waals surface area contributed by atoms with Gasteiger partial charge in [-0.1, -0.05) is 42.1 Å². The number of nitrogens with zero attached hydrogens (tertiary/aromatic N) is 3. The van der Waals surface area contributed by atoms with E-state index < -0.39 is 11.3 Å². The number of hydrogen-bond donors (Lipinski definition) is 2. The summed E-state index contributed by atoms with van der Waals surface area (Å²) in [6.45, 7) is 0. The van der Waals surface area contributed by atoms with Crippen LogP contribution in [0.25, 0.3) is 0 Å². The zero-order chi connectivity index (χ0) is 18.8. The van der Waals surface area contributed by atoms with Crippen molar-refractivity contribution in [3.8, 4) is 12.1 Å². The van der Waals surface area contributed by atoms with Crippen LogP contribution >= 0.6 is 11.8 Å². The molecule has 0 saturated carbocycles. The lowest BCUT2D eigenvalue weighted by Crippen LogP contribution is -2.46. The summed E-state index contributed by atoms with van der Waals surface area (Å²) in [5, 5.41) is 23.4. The van der Waals surface area contributed by atoms with Crippen molar-refractivity contribution in [3.05, 3.63) is 76.1 Å². The molecule has 2 aromatic carbocycles. The SMILES string of the molecule is N#CC1=C(N)N2C(=C(C#N)[C@@]13C(=O)Nc1ccccc13)Sc1ccccc12. The molecule has 3 aliphatic heterocycles. The number of hydrogen-bond acceptors (Lipinski definition) is 6. The minimum Gasteiger partial charge on any atom is -0.384 e. The second-order valence-electron chi connectivity index (χ2n) is 6.32. The number of nitrogens with one attached hydrogen (secondary N) is 1. The Bertz CT molecular complexity index is 1200. The van der Waals surface area contributed by atoms with Crippen molar-refractivity contribution in [1.29, 1.82) is 10.5 Å². The van der Waals surface area contributed by atoms with Gasteiger partial charge in [0.05, 0.1) is 22.9 Å². The van der Waals surface area contributed by atoms with E-state index in [1.54, 1.807) is 29.2 Å². The molecule has 6 nitrogen and oxygen atoms in total. The summed E-state index contributed by atoms with van der Waals surface area (Å²) in [4.78, 5) is 15.8. The van der Waals surface area contributed by atoms with E-state index in [0.29, 0.717) is 16.3 Å². The maximum Gasteiger partial charge on any atom is 0.245 e. The van der Waals surface area contributed by atoms with E-state index >= 15 is 0 Å². The summed E-state index contributed by atoms with van der Waals surface area (Å²) in [6, 6.07) is 19.0. The molecule has 0 aliphatic carbocycles. The fourth-order valence-corrected chi connectivity index (χ4v) is 5.21. The van der Waals surface area contributed by atoms with Gasteiger partial charge in [-0.2, -0.15) is 10.5 Å². The zero-order valence-electron chi connectivity index (χ0n) is 13.9. The lowest BCUT2D eigenvalue weighted by Gasteiger charge is -2.36. The van der Waals surface area contributed by atoms with E-state index in [4.69, 9.17) is 5.73 Å². The third kappa shape index (κ3) is 1.67. The molecular formula is C20H11N5OS. The Hall–Kier alpha value is -3.68. The maximum atomic E-state index is 13.2. The number of rotatable bonds is 0. The normalized spacial score (nSPS) is 22.1. The molecule has 128 valence electrons. The van der Waals surface area contributed by atoms with Crippen LogP contribution in [0.4, 0.5) is 11.4 Å². The Morgan fingerprint density at radius 2 is 1.74 bits per heavy atom. The summed E-state index contributed by atoms with van der Waals surface area (Å²) in [7, 11) is 0. The van der Waals surface area contributed by atoms with Crippen molar-refractivity contribution >= 4 is 29.0 Å². The van der Waals surface area contributed by atoms with Crippen molar-refractivity contribution in [2.75, 3.05) is 10.2 Å². The summed E-state index contributed by atoms with van der Waals surface area (Å²) < 4.78 is 0. The number of amides is 1. The summed E-state index contributed by atoms with van der Waals surface area (Å²) in [5.41, 5.74) is 7.16. The minimum absolute atomic E-state index is 0.0718. The van der Waals surface area contributed by atoms with Gasteiger partial charge in [-0.15, -0.1) is 0 Å². The van der Waals surface area contributed by atoms with E-state index in [1.807, 2.05) is 24.3 Å². The Morgan fingerprint density at radius 3 is 2.52 bits per heavy atom. The molecule has 0 saturated heterocycles. The fraction of sp³-hybridized carbons (Fsp3) is 0.0500. The first-order chi connectivity index (χ1) is 13.1. The van der Waals surface area contributed by atoms with Crippen LogP contribution < -0.4 is 16.0 Å². The quantitative estimate of drug-likeness (QED) is 0.739. The lowest BCUT2D eigenvalue weighted by molar-refractivity contribution is -0.118. The van der Waals surface area contributed by atoms with Crippen molar-refractivity contribution in [1.82, 2.24) is 0 Å². The highest BCUT2D eigenvalue weighted by molar-refractivity contribution is 8.03. The standard InChI is InChI=1S/C20H11N5OS/c21-9-12-17(23)25-15-7-3-4-8-16(15)27-18(25)13(10-22)20(12)11-5-1-2-6-14(11)24-19(20)26/h1-8H,23H2,(H,24,26)/t20-/m0/s1. The van der Waals surface area contributed by atoms with Gasteiger partial charge in [-0.05, 0) is 18.2 Å². The molecule has 27 heavy (non-hydrogen) atoms. The molecule has 1 amide bonds. The maximum absolute atomic E-state index is 13.2. The van der Waals surface area contributed by atoms with E-state index in [9.17, 15) is 15.3 Å². The third-order valence-corrected chi connectivity index (χ3v) is 6.27. The third-order valence-electron chi connectivity index (χ3n) is 5.12. The van der Waals surface area contributed by atoms with Crippen LogP contribution in [0.15, 0.2) is 75.4 Å². The van der Waals surface area contributed by atoms with E-state index in [1.165, 1.54) is 11.8 Å². The fourth-order valence-electron chi connectivity index (χ4n) is 4.01. The van der Waals surface area contributed by atoms with Crippen LogP contribution in [0.3, 0.4) is 0 Å². The Kier molecular flexibility index (Phi) is 2.98.